The first-order valence-corrected chi connectivity index (χ1v) is 7.40. The summed E-state index contributed by atoms with van der Waals surface area (Å²) < 4.78 is 10.9. The van der Waals surface area contributed by atoms with Crippen molar-refractivity contribution < 1.29 is 14.1 Å². The second-order valence-electron chi connectivity index (χ2n) is 5.55. The number of nitrogens with zero attached hydrogens (tertiary/aromatic N) is 2. The summed E-state index contributed by atoms with van der Waals surface area (Å²) in [4.78, 5) is 14.2. The molecular formula is C17H22N2O3. The van der Waals surface area contributed by atoms with E-state index in [1.54, 1.807) is 18.9 Å². The Hall–Kier alpha value is -2.30. The summed E-state index contributed by atoms with van der Waals surface area (Å²) in [5.74, 6) is 1.47. The summed E-state index contributed by atoms with van der Waals surface area (Å²) in [7, 11) is 1.76. The van der Waals surface area contributed by atoms with Gasteiger partial charge in [-0.25, -0.2) is 0 Å². The topological polar surface area (TPSA) is 55.6 Å². The Morgan fingerprint density at radius 1 is 1.32 bits per heavy atom. The van der Waals surface area contributed by atoms with Crippen LogP contribution in [0.5, 0.6) is 5.75 Å². The molecule has 1 aromatic heterocycles. The van der Waals surface area contributed by atoms with Crippen molar-refractivity contribution in [2.75, 3.05) is 20.2 Å². The van der Waals surface area contributed by atoms with Gasteiger partial charge in [0.25, 0.3) is 5.91 Å². The number of likely N-dealkylation sites (N-methyl/N-ethyl adjacent to an activating group) is 1. The van der Waals surface area contributed by atoms with Crippen LogP contribution in [0.3, 0.4) is 0 Å². The minimum atomic E-state index is -0.0842. The monoisotopic (exact) mass is 302 g/mol. The highest BCUT2D eigenvalue weighted by Crippen LogP contribution is 2.23. The molecule has 118 valence electrons. The average Bonchev–Trinajstić information content (AvgIpc) is 2.89. The van der Waals surface area contributed by atoms with Crippen molar-refractivity contribution in [3.8, 4) is 5.75 Å². The highest BCUT2D eigenvalue weighted by molar-refractivity contribution is 5.96. The Balaban J connectivity index is 1.96. The number of rotatable bonds is 6. The zero-order valence-corrected chi connectivity index (χ0v) is 13.5. The van der Waals surface area contributed by atoms with Crippen LogP contribution in [0.4, 0.5) is 0 Å². The van der Waals surface area contributed by atoms with Crippen molar-refractivity contribution in [1.82, 2.24) is 10.1 Å². The summed E-state index contributed by atoms with van der Waals surface area (Å²) in [5.41, 5.74) is 1.20. The Bertz CT molecular complexity index is 620. The summed E-state index contributed by atoms with van der Waals surface area (Å²) in [5, 5.41) is 3.92. The molecule has 0 spiro atoms. The molecule has 2 rings (SSSR count). The summed E-state index contributed by atoms with van der Waals surface area (Å²) in [6, 6.07) is 9.55. The Labute approximate surface area is 130 Å². The van der Waals surface area contributed by atoms with Gasteiger partial charge in [-0.2, -0.15) is 0 Å². The maximum Gasteiger partial charge on any atom is 0.259 e. The standard InChI is InChI=1S/C17H22N2O3/c1-12(2)16-15(13(3)18-22-16)17(20)19(4)10-11-21-14-8-6-5-7-9-14/h5-9,12H,10-11H2,1-4H3. The Morgan fingerprint density at radius 2 is 2.00 bits per heavy atom. The first-order chi connectivity index (χ1) is 10.5. The van der Waals surface area contributed by atoms with Crippen LogP contribution >= 0.6 is 0 Å². The fourth-order valence-electron chi connectivity index (χ4n) is 2.15. The number of hydrogen-bond acceptors (Lipinski definition) is 4. The fourth-order valence-corrected chi connectivity index (χ4v) is 2.15. The third-order valence-electron chi connectivity index (χ3n) is 3.41. The lowest BCUT2D eigenvalue weighted by atomic mass is 10.0. The van der Waals surface area contributed by atoms with Crippen LogP contribution in [0.15, 0.2) is 34.9 Å². The summed E-state index contributed by atoms with van der Waals surface area (Å²) in [6.45, 7) is 6.69. The number of benzene rings is 1. The van der Waals surface area contributed by atoms with Crippen LogP contribution in [0.25, 0.3) is 0 Å². The van der Waals surface area contributed by atoms with Gasteiger partial charge in [0.15, 0.2) is 5.76 Å². The predicted molar refractivity (Wildman–Crippen MR) is 84.2 cm³/mol. The van der Waals surface area contributed by atoms with Gasteiger partial charge in [-0.05, 0) is 19.1 Å². The van der Waals surface area contributed by atoms with Crippen LogP contribution in [-0.4, -0.2) is 36.2 Å². The Kier molecular flexibility index (Phi) is 5.20. The molecule has 5 nitrogen and oxygen atoms in total. The van der Waals surface area contributed by atoms with Crippen LogP contribution in [0, 0.1) is 6.92 Å². The number of carbonyl (C=O) groups is 1. The van der Waals surface area contributed by atoms with Gasteiger partial charge in [0.05, 0.1) is 12.2 Å². The van der Waals surface area contributed by atoms with E-state index in [0.717, 1.165) is 5.75 Å². The number of carbonyl (C=O) groups excluding carboxylic acids is 1. The van der Waals surface area contributed by atoms with Gasteiger partial charge in [-0.15, -0.1) is 0 Å². The molecule has 0 aliphatic rings. The van der Waals surface area contributed by atoms with Gasteiger partial charge in [0, 0.05) is 13.0 Å². The normalized spacial score (nSPS) is 10.8. The number of aromatic nitrogens is 1. The highest BCUT2D eigenvalue weighted by atomic mass is 16.5. The van der Waals surface area contributed by atoms with E-state index in [0.29, 0.717) is 30.2 Å². The first kappa shape index (κ1) is 16.1. The lowest BCUT2D eigenvalue weighted by Crippen LogP contribution is -2.31. The first-order valence-electron chi connectivity index (χ1n) is 7.40. The van der Waals surface area contributed by atoms with E-state index >= 15 is 0 Å². The average molecular weight is 302 g/mol. The highest BCUT2D eigenvalue weighted by Gasteiger charge is 2.24. The predicted octanol–water partition coefficient (Wildman–Crippen LogP) is 3.26. The summed E-state index contributed by atoms with van der Waals surface area (Å²) in [6.07, 6.45) is 0. The number of ether oxygens (including phenoxy) is 1. The second-order valence-corrected chi connectivity index (χ2v) is 5.55. The molecule has 1 aromatic carbocycles. The molecule has 5 heteroatoms. The fraction of sp³-hybridized carbons (Fsp3) is 0.412. The lowest BCUT2D eigenvalue weighted by Gasteiger charge is -2.18. The Morgan fingerprint density at radius 3 is 2.64 bits per heavy atom. The molecule has 0 bridgehead atoms. The van der Waals surface area contributed by atoms with Crippen LogP contribution in [0.2, 0.25) is 0 Å². The van der Waals surface area contributed by atoms with E-state index in [9.17, 15) is 4.79 Å². The van der Waals surface area contributed by atoms with Crippen LogP contribution in [-0.2, 0) is 0 Å². The molecule has 1 amide bonds. The van der Waals surface area contributed by atoms with Crippen LogP contribution in [0.1, 0.15) is 41.6 Å². The third kappa shape index (κ3) is 3.67. The minimum absolute atomic E-state index is 0.0842. The molecule has 22 heavy (non-hydrogen) atoms. The number of amides is 1. The third-order valence-corrected chi connectivity index (χ3v) is 3.41. The molecule has 2 aromatic rings. The molecule has 0 aliphatic carbocycles. The largest absolute Gasteiger partial charge is 0.492 e. The van der Waals surface area contributed by atoms with Crippen molar-refractivity contribution in [2.45, 2.75) is 26.7 Å². The van der Waals surface area contributed by atoms with E-state index in [4.69, 9.17) is 9.26 Å². The SMILES string of the molecule is Cc1noc(C(C)C)c1C(=O)N(C)CCOc1ccccc1. The molecular weight excluding hydrogens is 280 g/mol. The minimum Gasteiger partial charge on any atom is -0.492 e. The number of hydrogen-bond donors (Lipinski definition) is 0. The molecule has 1 heterocycles. The van der Waals surface area contributed by atoms with E-state index < -0.39 is 0 Å². The van der Waals surface area contributed by atoms with E-state index in [1.165, 1.54) is 0 Å². The van der Waals surface area contributed by atoms with Crippen molar-refractivity contribution >= 4 is 5.91 Å². The van der Waals surface area contributed by atoms with Crippen molar-refractivity contribution in [3.05, 3.63) is 47.3 Å². The molecule has 0 atom stereocenters. The molecule has 0 saturated carbocycles. The van der Waals surface area contributed by atoms with Crippen molar-refractivity contribution in [3.63, 3.8) is 0 Å². The summed E-state index contributed by atoms with van der Waals surface area (Å²) >= 11 is 0. The molecule has 0 unspecified atom stereocenters. The van der Waals surface area contributed by atoms with Gasteiger partial charge in [-0.1, -0.05) is 37.2 Å². The lowest BCUT2D eigenvalue weighted by molar-refractivity contribution is 0.0770. The van der Waals surface area contributed by atoms with Crippen LogP contribution < -0.4 is 4.74 Å². The molecule has 0 fully saturated rings. The zero-order valence-electron chi connectivity index (χ0n) is 13.5. The smallest absolute Gasteiger partial charge is 0.259 e. The molecule has 0 aliphatic heterocycles. The quantitative estimate of drug-likeness (QED) is 0.822. The second kappa shape index (κ2) is 7.11. The van der Waals surface area contributed by atoms with Gasteiger partial charge >= 0.3 is 0 Å². The van der Waals surface area contributed by atoms with Crippen molar-refractivity contribution in [2.24, 2.45) is 0 Å². The van der Waals surface area contributed by atoms with E-state index in [-0.39, 0.29) is 11.8 Å². The van der Waals surface area contributed by atoms with Gasteiger partial charge in [0.1, 0.15) is 17.9 Å². The number of aryl methyl sites for hydroxylation is 1. The molecule has 0 N–H and O–H groups in total. The zero-order chi connectivity index (χ0) is 16.1. The van der Waals surface area contributed by atoms with E-state index in [2.05, 4.69) is 5.16 Å². The van der Waals surface area contributed by atoms with Gasteiger partial charge in [0.2, 0.25) is 0 Å². The molecule has 0 radical (unpaired) electrons. The van der Waals surface area contributed by atoms with E-state index in [1.807, 2.05) is 44.2 Å². The van der Waals surface area contributed by atoms with Gasteiger partial charge in [-0.3, -0.25) is 4.79 Å². The maximum atomic E-state index is 12.6. The molecule has 0 saturated heterocycles. The van der Waals surface area contributed by atoms with Gasteiger partial charge < -0.3 is 14.2 Å². The van der Waals surface area contributed by atoms with Crippen molar-refractivity contribution in [1.29, 1.82) is 0 Å². The maximum absolute atomic E-state index is 12.6. The number of para-hydroxylation sites is 1.